The molecule has 0 atom stereocenters. The van der Waals surface area contributed by atoms with E-state index >= 15 is 0 Å². The Morgan fingerprint density at radius 3 is 2.08 bits per heavy atom. The molecule has 0 unspecified atom stereocenters. The second kappa shape index (κ2) is 7.79. The summed E-state index contributed by atoms with van der Waals surface area (Å²) in [5.74, 6) is 0.345. The molecule has 2 heterocycles. The first-order valence-corrected chi connectivity index (χ1v) is 9.41. The minimum absolute atomic E-state index is 0.0268. The van der Waals surface area contributed by atoms with Crippen LogP contribution in [-0.4, -0.2) is 48.8 Å². The molecular formula is C17H23N3O3S. The van der Waals surface area contributed by atoms with Gasteiger partial charge < -0.3 is 15.5 Å². The Morgan fingerprint density at radius 2 is 1.58 bits per heavy atom. The Labute approximate surface area is 145 Å². The summed E-state index contributed by atoms with van der Waals surface area (Å²) in [6.07, 6.45) is 3.36. The van der Waals surface area contributed by atoms with Gasteiger partial charge in [-0.25, -0.2) is 0 Å². The number of thiophene rings is 1. The maximum atomic E-state index is 12.3. The molecule has 130 valence electrons. The highest BCUT2D eigenvalue weighted by atomic mass is 32.1. The molecule has 0 bridgehead atoms. The molecule has 3 amide bonds. The third-order valence-corrected chi connectivity index (χ3v) is 5.41. The van der Waals surface area contributed by atoms with Gasteiger partial charge in [0.1, 0.15) is 0 Å². The van der Waals surface area contributed by atoms with Gasteiger partial charge in [-0.3, -0.25) is 14.4 Å². The van der Waals surface area contributed by atoms with Crippen molar-refractivity contribution in [3.05, 3.63) is 22.4 Å². The van der Waals surface area contributed by atoms with Gasteiger partial charge in [-0.05, 0) is 37.1 Å². The lowest BCUT2D eigenvalue weighted by Crippen LogP contribution is -2.44. The predicted molar refractivity (Wildman–Crippen MR) is 91.7 cm³/mol. The van der Waals surface area contributed by atoms with Crippen LogP contribution in [0.3, 0.4) is 0 Å². The van der Waals surface area contributed by atoms with Crippen molar-refractivity contribution < 1.29 is 14.4 Å². The van der Waals surface area contributed by atoms with E-state index in [4.69, 9.17) is 0 Å². The molecule has 1 aromatic heterocycles. The molecule has 0 aromatic carbocycles. The number of likely N-dealkylation sites (tertiary alicyclic amines) is 1. The third kappa shape index (κ3) is 4.35. The van der Waals surface area contributed by atoms with Crippen molar-refractivity contribution in [2.24, 2.45) is 11.8 Å². The summed E-state index contributed by atoms with van der Waals surface area (Å²) < 4.78 is 0. The van der Waals surface area contributed by atoms with Crippen molar-refractivity contribution in [1.82, 2.24) is 15.5 Å². The van der Waals surface area contributed by atoms with Gasteiger partial charge in [-0.1, -0.05) is 6.07 Å². The van der Waals surface area contributed by atoms with Gasteiger partial charge >= 0.3 is 0 Å². The van der Waals surface area contributed by atoms with Gasteiger partial charge in [0.05, 0.1) is 4.88 Å². The number of hydrogen-bond acceptors (Lipinski definition) is 4. The third-order valence-electron chi connectivity index (χ3n) is 4.56. The normalized spacial score (nSPS) is 18.2. The SMILES string of the molecule is O=C(NCCNC(=O)C1CCN(C(=O)c2cccs2)CC1)C1CC1. The molecule has 0 spiro atoms. The Morgan fingerprint density at radius 1 is 1.00 bits per heavy atom. The summed E-state index contributed by atoms with van der Waals surface area (Å²) >= 11 is 1.45. The van der Waals surface area contributed by atoms with Gasteiger partial charge in [-0.15, -0.1) is 11.3 Å². The fourth-order valence-corrected chi connectivity index (χ4v) is 3.60. The Bertz CT molecular complexity index is 590. The lowest BCUT2D eigenvalue weighted by molar-refractivity contribution is -0.126. The number of nitrogens with zero attached hydrogens (tertiary/aromatic N) is 1. The van der Waals surface area contributed by atoms with E-state index in [1.54, 1.807) is 0 Å². The zero-order valence-electron chi connectivity index (χ0n) is 13.6. The van der Waals surface area contributed by atoms with Crippen LogP contribution in [0.15, 0.2) is 17.5 Å². The van der Waals surface area contributed by atoms with Crippen LogP contribution in [-0.2, 0) is 9.59 Å². The second-order valence-corrected chi connectivity index (χ2v) is 7.35. The number of rotatable bonds is 6. The fourth-order valence-electron chi connectivity index (χ4n) is 2.91. The summed E-state index contributed by atoms with van der Waals surface area (Å²) in [5, 5.41) is 7.62. The summed E-state index contributed by atoms with van der Waals surface area (Å²) in [5.41, 5.74) is 0. The van der Waals surface area contributed by atoms with Crippen molar-refractivity contribution in [2.75, 3.05) is 26.2 Å². The van der Waals surface area contributed by atoms with Crippen LogP contribution in [0, 0.1) is 11.8 Å². The van der Waals surface area contributed by atoms with E-state index in [1.165, 1.54) is 11.3 Å². The molecule has 2 N–H and O–H groups in total. The van der Waals surface area contributed by atoms with Crippen molar-refractivity contribution >= 4 is 29.1 Å². The average molecular weight is 349 g/mol. The molecule has 24 heavy (non-hydrogen) atoms. The number of amides is 3. The first kappa shape index (κ1) is 17.0. The number of carbonyl (C=O) groups is 3. The second-order valence-electron chi connectivity index (χ2n) is 6.40. The van der Waals surface area contributed by atoms with Crippen LogP contribution >= 0.6 is 11.3 Å². The van der Waals surface area contributed by atoms with E-state index in [0.29, 0.717) is 39.0 Å². The minimum Gasteiger partial charge on any atom is -0.354 e. The summed E-state index contributed by atoms with van der Waals surface area (Å²) in [4.78, 5) is 38.5. The molecule has 6 nitrogen and oxygen atoms in total. The van der Waals surface area contributed by atoms with E-state index in [0.717, 1.165) is 17.7 Å². The molecule has 1 saturated heterocycles. The standard InChI is InChI=1S/C17H23N3O3S/c21-15(12-3-4-12)18-7-8-19-16(22)13-5-9-20(10-6-13)17(23)14-2-1-11-24-14/h1-2,11-13H,3-10H2,(H,18,21)(H,19,22). The van der Waals surface area contributed by atoms with E-state index in [-0.39, 0.29) is 29.6 Å². The van der Waals surface area contributed by atoms with Crippen LogP contribution in [0.4, 0.5) is 0 Å². The highest BCUT2D eigenvalue weighted by molar-refractivity contribution is 7.12. The largest absolute Gasteiger partial charge is 0.354 e. The quantitative estimate of drug-likeness (QED) is 0.759. The molecule has 1 aromatic rings. The monoisotopic (exact) mass is 349 g/mol. The Hall–Kier alpha value is -1.89. The lowest BCUT2D eigenvalue weighted by Gasteiger charge is -2.31. The van der Waals surface area contributed by atoms with Gasteiger partial charge in [0.25, 0.3) is 5.91 Å². The summed E-state index contributed by atoms with van der Waals surface area (Å²) in [7, 11) is 0. The van der Waals surface area contributed by atoms with Crippen molar-refractivity contribution in [2.45, 2.75) is 25.7 Å². The van der Waals surface area contributed by atoms with Gasteiger partial charge in [-0.2, -0.15) is 0 Å². The van der Waals surface area contributed by atoms with Crippen LogP contribution in [0.5, 0.6) is 0 Å². The minimum atomic E-state index is -0.0449. The fraction of sp³-hybridized carbons (Fsp3) is 0.588. The Kier molecular flexibility index (Phi) is 5.50. The highest BCUT2D eigenvalue weighted by Crippen LogP contribution is 2.28. The van der Waals surface area contributed by atoms with Gasteiger partial charge in [0.2, 0.25) is 11.8 Å². The van der Waals surface area contributed by atoms with Crippen molar-refractivity contribution in [3.63, 3.8) is 0 Å². The van der Waals surface area contributed by atoms with E-state index in [9.17, 15) is 14.4 Å². The van der Waals surface area contributed by atoms with Gasteiger partial charge in [0.15, 0.2) is 0 Å². The Balaban J connectivity index is 1.34. The van der Waals surface area contributed by atoms with E-state index in [2.05, 4.69) is 10.6 Å². The van der Waals surface area contributed by atoms with Gasteiger partial charge in [0, 0.05) is 38.0 Å². The molecule has 1 saturated carbocycles. The summed E-state index contributed by atoms with van der Waals surface area (Å²) in [6, 6.07) is 3.71. The van der Waals surface area contributed by atoms with E-state index in [1.807, 2.05) is 22.4 Å². The molecule has 0 radical (unpaired) electrons. The number of carbonyl (C=O) groups excluding carboxylic acids is 3. The topological polar surface area (TPSA) is 78.5 Å². The maximum absolute atomic E-state index is 12.3. The molecule has 3 rings (SSSR count). The first-order chi connectivity index (χ1) is 11.6. The molecule has 2 aliphatic rings. The molecule has 1 aliphatic carbocycles. The zero-order valence-corrected chi connectivity index (χ0v) is 14.4. The summed E-state index contributed by atoms with van der Waals surface area (Å²) in [6.45, 7) is 2.18. The molecular weight excluding hydrogens is 326 g/mol. The lowest BCUT2D eigenvalue weighted by atomic mass is 9.96. The molecule has 2 fully saturated rings. The van der Waals surface area contributed by atoms with Crippen LogP contribution in [0.1, 0.15) is 35.4 Å². The number of hydrogen-bond donors (Lipinski definition) is 2. The zero-order chi connectivity index (χ0) is 16.9. The number of nitrogens with one attached hydrogen (secondary N) is 2. The predicted octanol–water partition coefficient (Wildman–Crippen LogP) is 1.24. The van der Waals surface area contributed by atoms with Crippen LogP contribution in [0.2, 0.25) is 0 Å². The molecule has 7 heteroatoms. The smallest absolute Gasteiger partial charge is 0.263 e. The number of piperidine rings is 1. The van der Waals surface area contributed by atoms with Crippen LogP contribution in [0.25, 0.3) is 0 Å². The van der Waals surface area contributed by atoms with Crippen molar-refractivity contribution in [3.8, 4) is 0 Å². The highest BCUT2D eigenvalue weighted by Gasteiger charge is 2.30. The van der Waals surface area contributed by atoms with Crippen LogP contribution < -0.4 is 10.6 Å². The first-order valence-electron chi connectivity index (χ1n) is 8.53. The van der Waals surface area contributed by atoms with Crippen molar-refractivity contribution in [1.29, 1.82) is 0 Å². The maximum Gasteiger partial charge on any atom is 0.263 e. The average Bonchev–Trinajstić information content (AvgIpc) is 3.32. The molecule has 1 aliphatic heterocycles. The van der Waals surface area contributed by atoms with E-state index < -0.39 is 0 Å².